The average molecular weight is 356 g/mol. The normalized spacial score (nSPS) is 19.3. The van der Waals surface area contributed by atoms with Crippen molar-refractivity contribution >= 4 is 27.6 Å². The second kappa shape index (κ2) is 7.15. The SMILES string of the molecule is Brc1cnc(N2CC(=NOCCN3CCOCC3)C2)nc1. The summed E-state index contributed by atoms with van der Waals surface area (Å²) >= 11 is 3.32. The fraction of sp³-hybridized carbons (Fsp3) is 0.615. The number of morpholine rings is 1. The van der Waals surface area contributed by atoms with E-state index in [0.29, 0.717) is 6.61 Å². The molecular formula is C13H18BrN5O2. The van der Waals surface area contributed by atoms with Crippen molar-refractivity contribution in [2.24, 2.45) is 5.16 Å². The number of halogens is 1. The number of ether oxygens (including phenoxy) is 1. The van der Waals surface area contributed by atoms with Gasteiger partial charge in [0.15, 0.2) is 0 Å². The van der Waals surface area contributed by atoms with E-state index in [1.807, 2.05) is 0 Å². The lowest BCUT2D eigenvalue weighted by molar-refractivity contribution is 0.0210. The topological polar surface area (TPSA) is 63.1 Å². The van der Waals surface area contributed by atoms with Gasteiger partial charge in [0.05, 0.1) is 36.5 Å². The van der Waals surface area contributed by atoms with Gasteiger partial charge in [-0.25, -0.2) is 9.97 Å². The van der Waals surface area contributed by atoms with Crippen LogP contribution in [0.2, 0.25) is 0 Å². The number of nitrogens with zero attached hydrogens (tertiary/aromatic N) is 5. The number of anilines is 1. The van der Waals surface area contributed by atoms with Gasteiger partial charge in [0.1, 0.15) is 6.61 Å². The van der Waals surface area contributed by atoms with E-state index in [-0.39, 0.29) is 0 Å². The highest BCUT2D eigenvalue weighted by molar-refractivity contribution is 9.10. The van der Waals surface area contributed by atoms with Gasteiger partial charge < -0.3 is 14.5 Å². The molecular weight excluding hydrogens is 338 g/mol. The summed E-state index contributed by atoms with van der Waals surface area (Å²) in [6.07, 6.45) is 3.49. The predicted molar refractivity (Wildman–Crippen MR) is 82.6 cm³/mol. The van der Waals surface area contributed by atoms with Gasteiger partial charge in [-0.3, -0.25) is 4.90 Å². The largest absolute Gasteiger partial charge is 0.394 e. The number of aromatic nitrogens is 2. The Hall–Kier alpha value is -1.25. The zero-order valence-electron chi connectivity index (χ0n) is 11.7. The lowest BCUT2D eigenvalue weighted by Crippen LogP contribution is -2.48. The van der Waals surface area contributed by atoms with Crippen molar-refractivity contribution in [1.29, 1.82) is 0 Å². The summed E-state index contributed by atoms with van der Waals surface area (Å²) < 4.78 is 6.18. The van der Waals surface area contributed by atoms with Crippen LogP contribution in [0.25, 0.3) is 0 Å². The van der Waals surface area contributed by atoms with E-state index >= 15 is 0 Å². The van der Waals surface area contributed by atoms with Crippen LogP contribution in [-0.2, 0) is 9.57 Å². The van der Waals surface area contributed by atoms with Crippen LogP contribution in [0.15, 0.2) is 22.0 Å². The van der Waals surface area contributed by atoms with E-state index in [2.05, 4.69) is 40.9 Å². The summed E-state index contributed by atoms with van der Waals surface area (Å²) in [6.45, 7) is 6.59. The molecule has 3 heterocycles. The Morgan fingerprint density at radius 1 is 1.24 bits per heavy atom. The number of hydrogen-bond donors (Lipinski definition) is 0. The Labute approximate surface area is 132 Å². The van der Waals surface area contributed by atoms with Crippen LogP contribution in [0.1, 0.15) is 0 Å². The Bertz CT molecular complexity index is 482. The molecule has 2 fully saturated rings. The molecule has 0 atom stereocenters. The van der Waals surface area contributed by atoms with Crippen LogP contribution in [0.4, 0.5) is 5.95 Å². The molecule has 7 nitrogen and oxygen atoms in total. The second-order valence-corrected chi connectivity index (χ2v) is 5.92. The number of oxime groups is 1. The van der Waals surface area contributed by atoms with Gasteiger partial charge in [-0.15, -0.1) is 0 Å². The minimum atomic E-state index is 0.623. The molecule has 114 valence electrons. The van der Waals surface area contributed by atoms with Crippen LogP contribution in [-0.4, -0.2) is 73.1 Å². The van der Waals surface area contributed by atoms with Crippen LogP contribution >= 0.6 is 15.9 Å². The van der Waals surface area contributed by atoms with Crippen molar-refractivity contribution < 1.29 is 9.57 Å². The van der Waals surface area contributed by atoms with Gasteiger partial charge in [-0.05, 0) is 15.9 Å². The molecule has 8 heteroatoms. The Balaban J connectivity index is 1.34. The third kappa shape index (κ3) is 4.12. The van der Waals surface area contributed by atoms with E-state index in [9.17, 15) is 0 Å². The Morgan fingerprint density at radius 2 is 1.95 bits per heavy atom. The van der Waals surface area contributed by atoms with Gasteiger partial charge in [-0.2, -0.15) is 0 Å². The number of hydrogen-bond acceptors (Lipinski definition) is 7. The standard InChI is InChI=1S/C13H18BrN5O2/c14-11-7-15-13(16-8-11)19-9-12(10-19)17-21-6-3-18-1-4-20-5-2-18/h7-8H,1-6,9-10H2. The molecule has 2 aliphatic rings. The second-order valence-electron chi connectivity index (χ2n) is 5.00. The third-order valence-electron chi connectivity index (χ3n) is 3.43. The first-order valence-electron chi connectivity index (χ1n) is 7.01. The first-order valence-corrected chi connectivity index (χ1v) is 7.81. The highest BCUT2D eigenvalue weighted by Crippen LogP contribution is 2.15. The molecule has 0 unspecified atom stereocenters. The van der Waals surface area contributed by atoms with Crippen molar-refractivity contribution in [3.8, 4) is 0 Å². The monoisotopic (exact) mass is 355 g/mol. The molecule has 0 N–H and O–H groups in total. The molecule has 1 aromatic rings. The predicted octanol–water partition coefficient (Wildman–Crippen LogP) is 0.764. The maximum absolute atomic E-state index is 5.37. The maximum Gasteiger partial charge on any atom is 0.226 e. The quantitative estimate of drug-likeness (QED) is 0.574. The van der Waals surface area contributed by atoms with Crippen LogP contribution in [0.3, 0.4) is 0 Å². The van der Waals surface area contributed by atoms with E-state index < -0.39 is 0 Å². The molecule has 0 spiro atoms. The van der Waals surface area contributed by atoms with Gasteiger partial charge in [0.25, 0.3) is 0 Å². The van der Waals surface area contributed by atoms with Crippen molar-refractivity contribution in [3.05, 3.63) is 16.9 Å². The molecule has 1 aromatic heterocycles. The lowest BCUT2D eigenvalue weighted by atomic mass is 10.2. The molecule has 0 saturated carbocycles. The average Bonchev–Trinajstić information content (AvgIpc) is 2.48. The van der Waals surface area contributed by atoms with E-state index in [1.165, 1.54) is 0 Å². The Morgan fingerprint density at radius 3 is 2.67 bits per heavy atom. The van der Waals surface area contributed by atoms with E-state index in [0.717, 1.165) is 62.1 Å². The molecule has 0 bridgehead atoms. The molecule has 0 aliphatic carbocycles. The zero-order chi connectivity index (χ0) is 14.5. The van der Waals surface area contributed by atoms with Gasteiger partial charge in [0.2, 0.25) is 5.95 Å². The molecule has 2 aliphatic heterocycles. The minimum absolute atomic E-state index is 0.623. The fourth-order valence-electron chi connectivity index (χ4n) is 2.19. The third-order valence-corrected chi connectivity index (χ3v) is 3.84. The van der Waals surface area contributed by atoms with Crippen LogP contribution in [0.5, 0.6) is 0 Å². The smallest absolute Gasteiger partial charge is 0.226 e. The molecule has 0 amide bonds. The van der Waals surface area contributed by atoms with Crippen LogP contribution < -0.4 is 4.90 Å². The van der Waals surface area contributed by atoms with Crippen molar-refractivity contribution in [2.75, 3.05) is 57.4 Å². The van der Waals surface area contributed by atoms with Crippen molar-refractivity contribution in [1.82, 2.24) is 14.9 Å². The van der Waals surface area contributed by atoms with Crippen molar-refractivity contribution in [3.63, 3.8) is 0 Å². The van der Waals surface area contributed by atoms with E-state index in [1.54, 1.807) is 12.4 Å². The molecule has 21 heavy (non-hydrogen) atoms. The summed E-state index contributed by atoms with van der Waals surface area (Å²) in [5, 5.41) is 4.16. The molecule has 0 radical (unpaired) electrons. The molecule has 3 rings (SSSR count). The van der Waals surface area contributed by atoms with Crippen LogP contribution in [0, 0.1) is 0 Å². The lowest BCUT2D eigenvalue weighted by Gasteiger charge is -2.31. The first-order chi connectivity index (χ1) is 10.3. The summed E-state index contributed by atoms with van der Waals surface area (Å²) in [5.41, 5.74) is 1.03. The first kappa shape index (κ1) is 14.7. The number of rotatable bonds is 5. The highest BCUT2D eigenvalue weighted by Gasteiger charge is 2.24. The maximum atomic E-state index is 5.37. The van der Waals surface area contributed by atoms with Gasteiger partial charge >= 0.3 is 0 Å². The van der Waals surface area contributed by atoms with E-state index in [4.69, 9.17) is 9.57 Å². The Kier molecular flexibility index (Phi) is 5.00. The minimum Gasteiger partial charge on any atom is -0.394 e. The fourth-order valence-corrected chi connectivity index (χ4v) is 2.40. The summed E-state index contributed by atoms with van der Waals surface area (Å²) in [7, 11) is 0. The van der Waals surface area contributed by atoms with Gasteiger partial charge in [-0.1, -0.05) is 5.16 Å². The van der Waals surface area contributed by atoms with Gasteiger partial charge in [0, 0.05) is 32.0 Å². The zero-order valence-corrected chi connectivity index (χ0v) is 13.3. The molecule has 0 aromatic carbocycles. The summed E-state index contributed by atoms with van der Waals surface area (Å²) in [4.78, 5) is 18.2. The summed E-state index contributed by atoms with van der Waals surface area (Å²) in [6, 6.07) is 0. The highest BCUT2D eigenvalue weighted by atomic mass is 79.9. The van der Waals surface area contributed by atoms with Crippen molar-refractivity contribution in [2.45, 2.75) is 0 Å². The summed E-state index contributed by atoms with van der Waals surface area (Å²) in [5.74, 6) is 0.727. The molecule has 2 saturated heterocycles.